The van der Waals surface area contributed by atoms with E-state index in [-0.39, 0.29) is 0 Å². The molecule has 1 aromatic rings. The van der Waals surface area contributed by atoms with Crippen LogP contribution in [0.4, 0.5) is 0 Å². The monoisotopic (exact) mass is 189 g/mol. The third-order valence-corrected chi connectivity index (χ3v) is 2.31. The summed E-state index contributed by atoms with van der Waals surface area (Å²) in [6.45, 7) is 6.32. The topological polar surface area (TPSA) is 3.24 Å². The van der Waals surface area contributed by atoms with Crippen LogP contribution in [0.1, 0.15) is 19.4 Å². The van der Waals surface area contributed by atoms with Gasteiger partial charge in [0.1, 0.15) is 0 Å². The summed E-state index contributed by atoms with van der Waals surface area (Å²) in [5.41, 5.74) is 2.79. The maximum absolute atomic E-state index is 2.32. The SMILES string of the molecule is C/C=C(\C)CN(C)Cc1ccccc1. The van der Waals surface area contributed by atoms with Crippen molar-refractivity contribution in [1.82, 2.24) is 4.90 Å². The molecule has 1 nitrogen and oxygen atoms in total. The van der Waals surface area contributed by atoms with Crippen LogP contribution < -0.4 is 0 Å². The fraction of sp³-hybridized carbons (Fsp3) is 0.385. The van der Waals surface area contributed by atoms with Crippen molar-refractivity contribution in [1.29, 1.82) is 0 Å². The molecule has 0 atom stereocenters. The molecule has 0 amide bonds. The van der Waals surface area contributed by atoms with Crippen molar-refractivity contribution in [2.24, 2.45) is 0 Å². The number of rotatable bonds is 4. The Labute approximate surface area is 87.1 Å². The summed E-state index contributed by atoms with van der Waals surface area (Å²) in [7, 11) is 2.15. The first-order chi connectivity index (χ1) is 6.72. The molecule has 1 rings (SSSR count). The minimum Gasteiger partial charge on any atom is -0.298 e. The molecule has 0 aliphatic heterocycles. The van der Waals surface area contributed by atoms with Crippen molar-refractivity contribution in [2.75, 3.05) is 13.6 Å². The van der Waals surface area contributed by atoms with Crippen LogP contribution in [0.25, 0.3) is 0 Å². The van der Waals surface area contributed by atoms with Crippen LogP contribution >= 0.6 is 0 Å². The molecular formula is C13H19N. The number of allylic oxidation sites excluding steroid dienone is 1. The van der Waals surface area contributed by atoms with E-state index in [1.807, 2.05) is 0 Å². The highest BCUT2D eigenvalue weighted by Crippen LogP contribution is 2.04. The van der Waals surface area contributed by atoms with Gasteiger partial charge in [0.2, 0.25) is 0 Å². The Hall–Kier alpha value is -1.08. The van der Waals surface area contributed by atoms with E-state index in [1.165, 1.54) is 11.1 Å². The fourth-order valence-corrected chi connectivity index (χ4v) is 1.47. The maximum Gasteiger partial charge on any atom is 0.0234 e. The second-order valence-corrected chi connectivity index (χ2v) is 3.79. The summed E-state index contributed by atoms with van der Waals surface area (Å²) in [4.78, 5) is 2.32. The number of benzene rings is 1. The highest BCUT2D eigenvalue weighted by atomic mass is 15.1. The predicted molar refractivity (Wildman–Crippen MR) is 62.2 cm³/mol. The summed E-state index contributed by atoms with van der Waals surface area (Å²) in [5, 5.41) is 0. The molecule has 0 saturated carbocycles. The van der Waals surface area contributed by atoms with Crippen LogP contribution in [-0.2, 0) is 6.54 Å². The van der Waals surface area contributed by atoms with E-state index in [0.29, 0.717) is 0 Å². The van der Waals surface area contributed by atoms with Gasteiger partial charge in [0.25, 0.3) is 0 Å². The van der Waals surface area contributed by atoms with E-state index in [1.54, 1.807) is 0 Å². The fourth-order valence-electron chi connectivity index (χ4n) is 1.47. The Morgan fingerprint density at radius 2 is 1.93 bits per heavy atom. The van der Waals surface area contributed by atoms with Crippen LogP contribution in [0.15, 0.2) is 42.0 Å². The largest absolute Gasteiger partial charge is 0.298 e. The summed E-state index contributed by atoms with van der Waals surface area (Å²) >= 11 is 0. The zero-order chi connectivity index (χ0) is 10.4. The van der Waals surface area contributed by atoms with Crippen molar-refractivity contribution in [2.45, 2.75) is 20.4 Å². The van der Waals surface area contributed by atoms with Crippen molar-refractivity contribution in [3.63, 3.8) is 0 Å². The number of nitrogens with zero attached hydrogens (tertiary/aromatic N) is 1. The molecule has 76 valence electrons. The summed E-state index contributed by atoms with van der Waals surface area (Å²) < 4.78 is 0. The van der Waals surface area contributed by atoms with Crippen molar-refractivity contribution >= 4 is 0 Å². The Kier molecular flexibility index (Phi) is 4.41. The van der Waals surface area contributed by atoms with E-state index in [4.69, 9.17) is 0 Å². The lowest BCUT2D eigenvalue weighted by atomic mass is 10.2. The number of hydrogen-bond donors (Lipinski definition) is 0. The first kappa shape index (κ1) is 11.0. The Morgan fingerprint density at radius 1 is 1.29 bits per heavy atom. The van der Waals surface area contributed by atoms with Gasteiger partial charge in [0, 0.05) is 13.1 Å². The highest BCUT2D eigenvalue weighted by molar-refractivity contribution is 5.14. The average molecular weight is 189 g/mol. The molecule has 0 N–H and O–H groups in total. The van der Waals surface area contributed by atoms with Crippen LogP contribution in [0.3, 0.4) is 0 Å². The molecule has 0 aromatic heterocycles. The standard InChI is InChI=1S/C13H19N/c1-4-12(2)10-14(3)11-13-8-6-5-7-9-13/h4-9H,10-11H2,1-3H3/b12-4+. The smallest absolute Gasteiger partial charge is 0.0234 e. The number of likely N-dealkylation sites (N-methyl/N-ethyl adjacent to an activating group) is 1. The lowest BCUT2D eigenvalue weighted by molar-refractivity contribution is 0.355. The van der Waals surface area contributed by atoms with Gasteiger partial charge in [-0.15, -0.1) is 0 Å². The first-order valence-corrected chi connectivity index (χ1v) is 5.06. The average Bonchev–Trinajstić information content (AvgIpc) is 2.19. The summed E-state index contributed by atoms with van der Waals surface area (Å²) in [6, 6.07) is 10.6. The summed E-state index contributed by atoms with van der Waals surface area (Å²) in [5.74, 6) is 0. The van der Waals surface area contributed by atoms with E-state index in [9.17, 15) is 0 Å². The van der Waals surface area contributed by atoms with Gasteiger partial charge in [-0.05, 0) is 26.5 Å². The molecule has 0 bridgehead atoms. The molecule has 1 aromatic carbocycles. The van der Waals surface area contributed by atoms with Gasteiger partial charge in [0.15, 0.2) is 0 Å². The third-order valence-electron chi connectivity index (χ3n) is 2.31. The van der Waals surface area contributed by atoms with E-state index in [2.05, 4.69) is 62.2 Å². The van der Waals surface area contributed by atoms with Gasteiger partial charge in [0.05, 0.1) is 0 Å². The van der Waals surface area contributed by atoms with Gasteiger partial charge in [-0.2, -0.15) is 0 Å². The molecule has 14 heavy (non-hydrogen) atoms. The van der Waals surface area contributed by atoms with Crippen molar-refractivity contribution in [3.05, 3.63) is 47.5 Å². The zero-order valence-electron chi connectivity index (χ0n) is 9.33. The Morgan fingerprint density at radius 3 is 2.50 bits per heavy atom. The third kappa shape index (κ3) is 3.75. The van der Waals surface area contributed by atoms with Gasteiger partial charge in [-0.25, -0.2) is 0 Å². The van der Waals surface area contributed by atoms with Gasteiger partial charge in [-0.3, -0.25) is 4.90 Å². The molecule has 0 heterocycles. The lowest BCUT2D eigenvalue weighted by Gasteiger charge is -2.16. The molecular weight excluding hydrogens is 170 g/mol. The predicted octanol–water partition coefficient (Wildman–Crippen LogP) is 3.08. The zero-order valence-corrected chi connectivity index (χ0v) is 9.33. The second kappa shape index (κ2) is 5.61. The second-order valence-electron chi connectivity index (χ2n) is 3.79. The maximum atomic E-state index is 2.32. The molecule has 0 aliphatic rings. The molecule has 0 spiro atoms. The van der Waals surface area contributed by atoms with Crippen LogP contribution in [0.2, 0.25) is 0 Å². The quantitative estimate of drug-likeness (QED) is 0.658. The number of hydrogen-bond acceptors (Lipinski definition) is 1. The molecule has 0 saturated heterocycles. The lowest BCUT2D eigenvalue weighted by Crippen LogP contribution is -2.19. The van der Waals surface area contributed by atoms with Crippen molar-refractivity contribution < 1.29 is 0 Å². The van der Waals surface area contributed by atoms with E-state index >= 15 is 0 Å². The molecule has 0 fully saturated rings. The Bertz CT molecular complexity index is 287. The van der Waals surface area contributed by atoms with Gasteiger partial charge >= 0.3 is 0 Å². The Balaban J connectivity index is 2.45. The van der Waals surface area contributed by atoms with Gasteiger partial charge in [-0.1, -0.05) is 42.0 Å². The van der Waals surface area contributed by atoms with Gasteiger partial charge < -0.3 is 0 Å². The molecule has 0 radical (unpaired) electrons. The minimum absolute atomic E-state index is 1.02. The first-order valence-electron chi connectivity index (χ1n) is 5.06. The van der Waals surface area contributed by atoms with Crippen LogP contribution in [0.5, 0.6) is 0 Å². The molecule has 0 unspecified atom stereocenters. The van der Waals surface area contributed by atoms with Crippen LogP contribution in [0, 0.1) is 0 Å². The minimum atomic E-state index is 1.02. The van der Waals surface area contributed by atoms with Crippen LogP contribution in [-0.4, -0.2) is 18.5 Å². The van der Waals surface area contributed by atoms with Crippen molar-refractivity contribution in [3.8, 4) is 0 Å². The van der Waals surface area contributed by atoms with E-state index < -0.39 is 0 Å². The summed E-state index contributed by atoms with van der Waals surface area (Å²) in [6.07, 6.45) is 2.17. The normalized spacial score (nSPS) is 12.1. The van der Waals surface area contributed by atoms with E-state index in [0.717, 1.165) is 13.1 Å². The molecule has 1 heteroatoms. The highest BCUT2D eigenvalue weighted by Gasteiger charge is 1.99. The molecule has 0 aliphatic carbocycles.